The van der Waals surface area contributed by atoms with Crippen LogP contribution in [0.2, 0.25) is 0 Å². The molecule has 0 aromatic carbocycles. The van der Waals surface area contributed by atoms with Crippen molar-refractivity contribution in [2.24, 2.45) is 5.92 Å². The van der Waals surface area contributed by atoms with Crippen LogP contribution < -0.4 is 0 Å². The maximum absolute atomic E-state index is 11.5. The van der Waals surface area contributed by atoms with E-state index in [2.05, 4.69) is 0 Å². The lowest BCUT2D eigenvalue weighted by molar-refractivity contribution is -0.153. The molecule has 0 aromatic heterocycles. The number of hydrogen-bond acceptors (Lipinski definition) is 4. The van der Waals surface area contributed by atoms with Crippen molar-refractivity contribution in [1.82, 2.24) is 4.90 Å². The highest BCUT2D eigenvalue weighted by Crippen LogP contribution is 2.15. The normalized spacial score (nSPS) is 21.3. The molecule has 1 aliphatic heterocycles. The Morgan fingerprint density at radius 3 is 2.73 bits per heavy atom. The first-order chi connectivity index (χ1) is 7.06. The van der Waals surface area contributed by atoms with Gasteiger partial charge in [0.2, 0.25) is 7.85 Å². The zero-order valence-corrected chi connectivity index (χ0v) is 8.99. The fourth-order valence-corrected chi connectivity index (χ4v) is 1.58. The summed E-state index contributed by atoms with van der Waals surface area (Å²) in [4.78, 5) is 35.3. The van der Waals surface area contributed by atoms with E-state index in [1.54, 1.807) is 6.92 Å². The van der Waals surface area contributed by atoms with Crippen LogP contribution >= 0.6 is 0 Å². The second-order valence-corrected chi connectivity index (χ2v) is 3.50. The molecule has 1 fully saturated rings. The third kappa shape index (κ3) is 2.81. The van der Waals surface area contributed by atoms with E-state index in [0.717, 1.165) is 0 Å². The van der Waals surface area contributed by atoms with E-state index in [0.29, 0.717) is 13.0 Å². The summed E-state index contributed by atoms with van der Waals surface area (Å²) in [6, 6.07) is 0. The van der Waals surface area contributed by atoms with Crippen LogP contribution in [0.15, 0.2) is 0 Å². The average molecular weight is 211 g/mol. The van der Waals surface area contributed by atoms with Crippen LogP contribution in [0.1, 0.15) is 13.3 Å². The summed E-state index contributed by atoms with van der Waals surface area (Å²) < 4.78 is 4.78. The van der Waals surface area contributed by atoms with E-state index >= 15 is 0 Å². The van der Waals surface area contributed by atoms with Gasteiger partial charge in [0.05, 0.1) is 13.2 Å². The van der Waals surface area contributed by atoms with Crippen molar-refractivity contribution in [2.45, 2.75) is 13.3 Å². The number of piperidine rings is 1. The zero-order chi connectivity index (χ0) is 11.4. The van der Waals surface area contributed by atoms with E-state index in [4.69, 9.17) is 4.74 Å². The van der Waals surface area contributed by atoms with Crippen LogP contribution in [0.4, 0.5) is 4.79 Å². The molecular weight excluding hydrogens is 197 g/mol. The number of carbonyl (C=O) groups excluding carboxylic acids is 3. The minimum atomic E-state index is -0.680. The lowest BCUT2D eigenvalue weighted by atomic mass is 9.94. The van der Waals surface area contributed by atoms with Crippen molar-refractivity contribution in [2.75, 3.05) is 19.7 Å². The molecule has 5 nitrogen and oxygen atoms in total. The first-order valence-electron chi connectivity index (χ1n) is 5.01. The van der Waals surface area contributed by atoms with Gasteiger partial charge in [0.15, 0.2) is 11.6 Å². The van der Waals surface area contributed by atoms with E-state index in [-0.39, 0.29) is 24.7 Å². The molecule has 1 unspecified atom stereocenters. The number of carbonyl (C=O) groups is 3. The fourth-order valence-electron chi connectivity index (χ4n) is 1.58. The molecule has 1 saturated heterocycles. The van der Waals surface area contributed by atoms with Crippen molar-refractivity contribution >= 4 is 25.4 Å². The Bertz CT molecular complexity index is 292. The SMILES string of the molecule is BC(=O)N1CCC(C(=O)OCC)C(=O)C1. The maximum Gasteiger partial charge on any atom is 0.316 e. The summed E-state index contributed by atoms with van der Waals surface area (Å²) in [5, 5.41) is 0. The van der Waals surface area contributed by atoms with Gasteiger partial charge in [-0.15, -0.1) is 0 Å². The van der Waals surface area contributed by atoms with Crippen molar-refractivity contribution in [3.8, 4) is 0 Å². The van der Waals surface area contributed by atoms with Gasteiger partial charge in [0, 0.05) is 6.54 Å². The second kappa shape index (κ2) is 4.95. The molecule has 1 heterocycles. The van der Waals surface area contributed by atoms with Crippen molar-refractivity contribution in [1.29, 1.82) is 0 Å². The highest BCUT2D eigenvalue weighted by Gasteiger charge is 2.33. The van der Waals surface area contributed by atoms with Gasteiger partial charge in [-0.3, -0.25) is 14.4 Å². The molecular formula is C9H14BNO4. The predicted octanol–water partition coefficient (Wildman–Crippen LogP) is -0.806. The number of ketones is 1. The van der Waals surface area contributed by atoms with Gasteiger partial charge in [-0.25, -0.2) is 0 Å². The van der Waals surface area contributed by atoms with Crippen LogP contribution in [0.5, 0.6) is 0 Å². The lowest BCUT2D eigenvalue weighted by Crippen LogP contribution is -2.46. The Morgan fingerprint density at radius 2 is 2.27 bits per heavy atom. The summed E-state index contributed by atoms with van der Waals surface area (Å²) in [6.07, 6.45) is 0.372. The van der Waals surface area contributed by atoms with Crippen LogP contribution in [-0.4, -0.2) is 50.0 Å². The molecule has 0 radical (unpaired) electrons. The van der Waals surface area contributed by atoms with E-state index in [1.807, 2.05) is 0 Å². The number of likely N-dealkylation sites (tertiary alicyclic amines) is 1. The second-order valence-electron chi connectivity index (χ2n) is 3.50. The summed E-state index contributed by atoms with van der Waals surface area (Å²) in [7, 11) is 1.41. The number of Topliss-reactive ketones (excluding diaryl/α,β-unsaturated/α-hetero) is 1. The summed E-state index contributed by atoms with van der Waals surface area (Å²) in [5.74, 6) is -1.51. The van der Waals surface area contributed by atoms with Gasteiger partial charge in [0.25, 0.3) is 0 Å². The molecule has 1 amide bonds. The molecule has 0 aliphatic carbocycles. The molecule has 1 atom stereocenters. The summed E-state index contributed by atoms with van der Waals surface area (Å²) >= 11 is 0. The monoisotopic (exact) mass is 211 g/mol. The van der Waals surface area contributed by atoms with Gasteiger partial charge >= 0.3 is 5.97 Å². The third-order valence-corrected chi connectivity index (χ3v) is 2.44. The van der Waals surface area contributed by atoms with E-state index < -0.39 is 11.9 Å². The molecule has 0 saturated carbocycles. The first kappa shape index (κ1) is 11.7. The number of ether oxygens (including phenoxy) is 1. The van der Waals surface area contributed by atoms with Gasteiger partial charge in [-0.2, -0.15) is 0 Å². The molecule has 0 N–H and O–H groups in total. The minimum absolute atomic E-state index is 0.0266. The molecule has 1 rings (SSSR count). The minimum Gasteiger partial charge on any atom is -0.465 e. The number of nitrogens with zero attached hydrogens (tertiary/aromatic N) is 1. The quantitative estimate of drug-likeness (QED) is 0.340. The van der Waals surface area contributed by atoms with Gasteiger partial charge in [0.1, 0.15) is 5.92 Å². The molecule has 6 heteroatoms. The fraction of sp³-hybridized carbons (Fsp3) is 0.667. The highest BCUT2D eigenvalue weighted by molar-refractivity contribution is 6.57. The van der Waals surface area contributed by atoms with E-state index in [9.17, 15) is 14.4 Å². The number of amides is 1. The summed E-state index contributed by atoms with van der Waals surface area (Å²) in [6.45, 7) is 2.45. The van der Waals surface area contributed by atoms with Gasteiger partial charge in [-0.1, -0.05) is 0 Å². The van der Waals surface area contributed by atoms with Crippen LogP contribution in [0, 0.1) is 5.92 Å². The molecule has 82 valence electrons. The van der Waals surface area contributed by atoms with E-state index in [1.165, 1.54) is 12.7 Å². The largest absolute Gasteiger partial charge is 0.465 e. The topological polar surface area (TPSA) is 63.7 Å². The van der Waals surface area contributed by atoms with Crippen LogP contribution in [0.3, 0.4) is 0 Å². The molecule has 0 spiro atoms. The van der Waals surface area contributed by atoms with Gasteiger partial charge in [-0.05, 0) is 13.3 Å². The van der Waals surface area contributed by atoms with Crippen LogP contribution in [0.25, 0.3) is 0 Å². The predicted molar refractivity (Wildman–Crippen MR) is 55.3 cm³/mol. The number of esters is 1. The average Bonchev–Trinajstić information content (AvgIpc) is 2.17. The van der Waals surface area contributed by atoms with Crippen molar-refractivity contribution in [3.63, 3.8) is 0 Å². The van der Waals surface area contributed by atoms with Crippen molar-refractivity contribution < 1.29 is 19.1 Å². The Labute approximate surface area is 89.2 Å². The molecule has 1 aliphatic rings. The summed E-state index contributed by atoms with van der Waals surface area (Å²) in [5.41, 5.74) is 0. The van der Waals surface area contributed by atoms with Gasteiger partial charge < -0.3 is 9.64 Å². The molecule has 0 bridgehead atoms. The third-order valence-electron chi connectivity index (χ3n) is 2.44. The van der Waals surface area contributed by atoms with Crippen LogP contribution in [-0.2, 0) is 14.3 Å². The van der Waals surface area contributed by atoms with Crippen molar-refractivity contribution in [3.05, 3.63) is 0 Å². The molecule has 15 heavy (non-hydrogen) atoms. The standard InChI is InChI=1S/C9H14BNO4/c1-2-15-8(13)6-3-4-11(9(10)14)5-7(6)12/h6H,2-5,10H2,1H3. The Morgan fingerprint density at radius 1 is 1.60 bits per heavy atom. The first-order valence-corrected chi connectivity index (χ1v) is 5.01. The highest BCUT2D eigenvalue weighted by atomic mass is 16.5. The Hall–Kier alpha value is -1.33. The Kier molecular flexibility index (Phi) is 3.88. The number of rotatable bonds is 2. The Balaban J connectivity index is 2.56. The lowest BCUT2D eigenvalue weighted by Gasteiger charge is -2.29. The maximum atomic E-state index is 11.5. The smallest absolute Gasteiger partial charge is 0.316 e. The molecule has 0 aromatic rings. The zero-order valence-electron chi connectivity index (χ0n) is 8.99. The number of hydrogen-bond donors (Lipinski definition) is 0.